The molecule has 0 unspecified atom stereocenters. The van der Waals surface area contributed by atoms with E-state index in [1.165, 1.54) is 154 Å². The van der Waals surface area contributed by atoms with E-state index in [1.807, 2.05) is 0 Å². The maximum absolute atomic E-state index is 2.29. The topological polar surface area (TPSA) is 0 Å². The molecule has 0 aromatic carbocycles. The summed E-state index contributed by atoms with van der Waals surface area (Å²) >= 11 is 0.897. The molecule has 0 atom stereocenters. The molecule has 0 aliphatic rings. The summed E-state index contributed by atoms with van der Waals surface area (Å²) in [5.41, 5.74) is 0. The van der Waals surface area contributed by atoms with Gasteiger partial charge in [-0.3, -0.25) is 0 Å². The first-order chi connectivity index (χ1) is 26.5. The van der Waals surface area contributed by atoms with Crippen LogP contribution in [0.5, 0.6) is 0 Å². The quantitative estimate of drug-likeness (QED) is 0.0433. The van der Waals surface area contributed by atoms with Gasteiger partial charge in [-0.15, -0.1) is 0 Å². The van der Waals surface area contributed by atoms with Crippen molar-refractivity contribution in [3.63, 3.8) is 0 Å². The van der Waals surface area contributed by atoms with E-state index in [1.54, 1.807) is 53.2 Å². The summed E-state index contributed by atoms with van der Waals surface area (Å²) in [6.45, 7) is 27.5. The molecule has 0 heterocycles. The molecule has 54 heavy (non-hydrogen) atoms. The summed E-state index contributed by atoms with van der Waals surface area (Å²) in [7, 11) is 0. The van der Waals surface area contributed by atoms with Crippen LogP contribution in [0, 0.1) is 0 Å². The summed E-state index contributed by atoms with van der Waals surface area (Å²) < 4.78 is 19.5. The zero-order valence-electron chi connectivity index (χ0n) is 40.5. The molecular formula is C48H108Sn6. The van der Waals surface area contributed by atoms with Crippen LogP contribution < -0.4 is 0 Å². The fourth-order valence-corrected chi connectivity index (χ4v) is 29.3. The molecule has 12 radical (unpaired) electrons. The van der Waals surface area contributed by atoms with Crippen LogP contribution in [0.4, 0.5) is 0 Å². The van der Waals surface area contributed by atoms with Gasteiger partial charge in [0.05, 0.1) is 0 Å². The Bertz CT molecular complexity index is 336. The molecule has 0 amide bonds. The number of hydrogen-bond acceptors (Lipinski definition) is 0. The zero-order valence-corrected chi connectivity index (χ0v) is 57.6. The number of rotatable bonds is 36. The van der Waals surface area contributed by atoms with Gasteiger partial charge in [-0.1, -0.05) is 0 Å². The Balaban J connectivity index is -0.000000128. The van der Waals surface area contributed by atoms with E-state index in [4.69, 9.17) is 0 Å². The van der Waals surface area contributed by atoms with E-state index in [0.29, 0.717) is 0 Å². The summed E-state index contributed by atoms with van der Waals surface area (Å²) in [6, 6.07) is 0. The van der Waals surface area contributed by atoms with Gasteiger partial charge in [0, 0.05) is 0 Å². The molecular weight excluding hydrogens is 1290 g/mol. The number of unbranched alkanes of at least 4 members (excludes halogenated alkanes) is 12. The molecule has 0 aliphatic heterocycles. The first-order valence-corrected chi connectivity index (χ1v) is 48.9. The van der Waals surface area contributed by atoms with Gasteiger partial charge >= 0.3 is 417 Å². The minimum absolute atomic E-state index is 0.149. The van der Waals surface area contributed by atoms with Gasteiger partial charge in [0.2, 0.25) is 0 Å². The predicted octanol–water partition coefficient (Wildman–Crippen LogP) is 18.8. The third kappa shape index (κ3) is 106. The van der Waals surface area contributed by atoms with Crippen molar-refractivity contribution >= 4 is 127 Å². The summed E-state index contributed by atoms with van der Waals surface area (Å²) in [6.07, 6.45) is 35.0. The van der Waals surface area contributed by atoms with E-state index in [0.717, 1.165) is 0 Å². The van der Waals surface area contributed by atoms with Gasteiger partial charge in [0.25, 0.3) is 0 Å². The van der Waals surface area contributed by atoms with Crippen molar-refractivity contribution < 1.29 is 0 Å². The second-order valence-electron chi connectivity index (χ2n) is 14.7. The second-order valence-corrected chi connectivity index (χ2v) is 40.4. The molecule has 0 saturated carbocycles. The van der Waals surface area contributed by atoms with E-state index >= 15 is 0 Å². The molecule has 6 heteroatoms. The van der Waals surface area contributed by atoms with Gasteiger partial charge < -0.3 is 0 Å². The van der Waals surface area contributed by atoms with Crippen LogP contribution in [0.2, 0.25) is 53.2 Å². The SMILES string of the molecule is CCC[CH2][Sn][CH2]CCC.CCC[CH2][Sn][CH2]CCC.CCC[CH2][Sn][CH2]CCC.CCC[CH2][Sn][CH2]CCC.CCC[CH2][Sn][CH2]CCC.CCC[CH2][Sn][CH2]CCC. The molecule has 0 aliphatic carbocycles. The summed E-state index contributed by atoms with van der Waals surface area (Å²) in [5, 5.41) is 0. The third-order valence-electron chi connectivity index (χ3n) is 8.49. The Labute approximate surface area is 411 Å². The fourth-order valence-electron chi connectivity index (χ4n) is 4.37. The van der Waals surface area contributed by atoms with E-state index < -0.39 is 0 Å². The standard InChI is InChI=1S/12C4H9.6Sn/c12*1-3-4-2;;;;;;/h12*1,3-4H2,2H3;;;;;;. The van der Waals surface area contributed by atoms with Crippen LogP contribution >= 0.6 is 0 Å². The average Bonchev–Trinajstić information content (AvgIpc) is 3.19. The average molecular weight is 1400 g/mol. The predicted molar refractivity (Wildman–Crippen MR) is 271 cm³/mol. The Morgan fingerprint density at radius 2 is 0.222 bits per heavy atom. The van der Waals surface area contributed by atoms with E-state index in [9.17, 15) is 0 Å². The Kier molecular flexibility index (Phi) is 111. The van der Waals surface area contributed by atoms with Crippen LogP contribution in [-0.2, 0) is 0 Å². The van der Waals surface area contributed by atoms with Crippen LogP contribution in [0.25, 0.3) is 0 Å². The zero-order chi connectivity index (χ0) is 41.7. The number of hydrogen-bond donors (Lipinski definition) is 0. The Morgan fingerprint density at radius 3 is 0.278 bits per heavy atom. The molecule has 0 fully saturated rings. The first-order valence-electron chi connectivity index (χ1n) is 24.7. The normalized spacial score (nSPS) is 10.0. The molecule has 0 N–H and O–H groups in total. The molecule has 0 saturated heterocycles. The molecule has 0 spiro atoms. The van der Waals surface area contributed by atoms with Crippen molar-refractivity contribution in [2.45, 2.75) is 290 Å². The fraction of sp³-hybridized carbons (Fsp3) is 1.00. The monoisotopic (exact) mass is 1400 g/mol. The van der Waals surface area contributed by atoms with Crippen molar-refractivity contribution in [2.24, 2.45) is 0 Å². The van der Waals surface area contributed by atoms with Crippen molar-refractivity contribution in [2.75, 3.05) is 0 Å². The van der Waals surface area contributed by atoms with Crippen molar-refractivity contribution in [3.05, 3.63) is 0 Å². The van der Waals surface area contributed by atoms with Gasteiger partial charge in [0.1, 0.15) is 0 Å². The van der Waals surface area contributed by atoms with Crippen molar-refractivity contribution in [1.29, 1.82) is 0 Å². The molecule has 0 rings (SSSR count). The van der Waals surface area contributed by atoms with Crippen LogP contribution in [-0.4, -0.2) is 127 Å². The minimum atomic E-state index is 0.149. The summed E-state index contributed by atoms with van der Waals surface area (Å²) in [5.74, 6) is 0. The van der Waals surface area contributed by atoms with Gasteiger partial charge in [-0.2, -0.15) is 0 Å². The van der Waals surface area contributed by atoms with Crippen molar-refractivity contribution in [3.8, 4) is 0 Å². The van der Waals surface area contributed by atoms with Crippen LogP contribution in [0.3, 0.4) is 0 Å². The van der Waals surface area contributed by atoms with Gasteiger partial charge in [-0.05, 0) is 0 Å². The van der Waals surface area contributed by atoms with Crippen molar-refractivity contribution in [1.82, 2.24) is 0 Å². The molecule has 0 bridgehead atoms. The van der Waals surface area contributed by atoms with Gasteiger partial charge in [-0.25, -0.2) is 0 Å². The molecule has 324 valence electrons. The van der Waals surface area contributed by atoms with Crippen LogP contribution in [0.1, 0.15) is 237 Å². The molecule has 0 nitrogen and oxygen atoms in total. The summed E-state index contributed by atoms with van der Waals surface area (Å²) in [4.78, 5) is 0. The maximum atomic E-state index is 2.29. The molecule has 0 aromatic heterocycles. The third-order valence-corrected chi connectivity index (χ3v) is 32.7. The molecule has 0 aromatic rings. The van der Waals surface area contributed by atoms with Crippen LogP contribution in [0.15, 0.2) is 0 Å². The van der Waals surface area contributed by atoms with E-state index in [-0.39, 0.29) is 127 Å². The van der Waals surface area contributed by atoms with E-state index in [2.05, 4.69) is 83.1 Å². The first kappa shape index (κ1) is 70.5. The Morgan fingerprint density at radius 1 is 0.148 bits per heavy atom. The van der Waals surface area contributed by atoms with Gasteiger partial charge in [0.15, 0.2) is 0 Å². The Hall–Kier alpha value is 4.79. The second kappa shape index (κ2) is 85.1.